The minimum atomic E-state index is -4.20. The number of nitrogens with one attached hydrogen (secondary N) is 7. The molecular formula is C84H81F17N10O10. The van der Waals surface area contributed by atoms with Gasteiger partial charge in [-0.3, -0.25) is 4.79 Å². The number of aromatic amines is 5. The zero-order valence-electron chi connectivity index (χ0n) is 63.6. The highest BCUT2D eigenvalue weighted by Crippen LogP contribution is 2.30. The molecule has 0 radical (unpaired) electrons. The van der Waals surface area contributed by atoms with E-state index in [1.165, 1.54) is 109 Å². The van der Waals surface area contributed by atoms with Crippen LogP contribution in [-0.2, 0) is 54.8 Å². The van der Waals surface area contributed by atoms with Crippen molar-refractivity contribution in [1.29, 1.82) is 5.26 Å². The summed E-state index contributed by atoms with van der Waals surface area (Å²) in [5.41, 5.74) is 21.9. The number of carbonyl (C=O) groups is 3. The van der Waals surface area contributed by atoms with Crippen molar-refractivity contribution in [2.45, 2.75) is 94.4 Å². The summed E-state index contributed by atoms with van der Waals surface area (Å²) in [4.78, 5) is 44.9. The molecule has 0 amide bonds. The van der Waals surface area contributed by atoms with E-state index < -0.39 is 81.0 Å². The van der Waals surface area contributed by atoms with Crippen molar-refractivity contribution in [2.75, 3.05) is 46.0 Å². The Bertz CT molecular complexity index is 5250. The van der Waals surface area contributed by atoms with Gasteiger partial charge in [-0.05, 0) is 218 Å². The molecule has 0 aliphatic heterocycles. The predicted octanol–water partition coefficient (Wildman–Crippen LogP) is 16.5. The van der Waals surface area contributed by atoms with Crippen molar-refractivity contribution in [3.8, 4) is 23.3 Å². The molecule has 13 rings (SSSR count). The second-order valence-corrected chi connectivity index (χ2v) is 26.4. The fraction of sp³-hybridized carbons (Fsp3) is 0.262. The molecule has 15 N–H and O–H groups in total. The van der Waals surface area contributed by atoms with Gasteiger partial charge in [0.15, 0.2) is 32.0 Å². The molecule has 0 fully saturated rings. The molecule has 0 aliphatic rings. The standard InChI is InChI=1S/2C20H19F5N2O.C10H8F4O2.2C10H11FN2.C10H7FN2.C4H6O6/c2*21-15-4-5-17-14(11-27-18(17)9-15)6-7-26-10-13-2-1-3-16(8-13)28-12-20(24,25)19(22)23;11-9(12)10(13,14)6-16-8-3-1-2-7(4-8)5-15;3*11-8-1-2-9-7(3-4-12)6-13-10(9)5-8;5-1(3(7)8)2(6)4(9)10/h2*1-5,8-9,11,19,26-27H,6-7,10,12H2;1-5,9H,6H2;2*1-2,5-6,13H,3-4,12H2;1-2,5-6,13H,3H2;1-2,5-6H,(H,7,8)(H,9,10)/t;;;;;;1-,2-/m......0/s1. The van der Waals surface area contributed by atoms with Crippen molar-refractivity contribution in [1.82, 2.24) is 35.6 Å². The van der Waals surface area contributed by atoms with E-state index in [0.29, 0.717) is 64.8 Å². The molecule has 0 saturated heterocycles. The first-order valence-corrected chi connectivity index (χ1v) is 36.4. The van der Waals surface area contributed by atoms with Crippen LogP contribution in [0.15, 0.2) is 195 Å². The number of benzene rings is 8. The normalized spacial score (nSPS) is 11.9. The van der Waals surface area contributed by atoms with Crippen molar-refractivity contribution in [3.05, 3.63) is 268 Å². The van der Waals surface area contributed by atoms with E-state index in [2.05, 4.69) is 46.4 Å². The Morgan fingerprint density at radius 2 is 0.702 bits per heavy atom. The van der Waals surface area contributed by atoms with Crippen molar-refractivity contribution < 1.29 is 124 Å². The number of aliphatic hydroxyl groups is 2. The molecule has 121 heavy (non-hydrogen) atoms. The number of halogens is 17. The molecule has 8 aromatic carbocycles. The van der Waals surface area contributed by atoms with Crippen LogP contribution in [-0.4, -0.2) is 159 Å². The molecule has 5 heterocycles. The van der Waals surface area contributed by atoms with Gasteiger partial charge in [0, 0.05) is 104 Å². The predicted molar refractivity (Wildman–Crippen MR) is 418 cm³/mol. The highest BCUT2D eigenvalue weighted by atomic mass is 19.3. The van der Waals surface area contributed by atoms with Crippen LogP contribution >= 0.6 is 0 Å². The van der Waals surface area contributed by atoms with E-state index in [1.807, 2.05) is 24.8 Å². The van der Waals surface area contributed by atoms with Crippen molar-refractivity contribution >= 4 is 72.7 Å². The van der Waals surface area contributed by atoms with Crippen LogP contribution in [0.2, 0.25) is 0 Å². The lowest BCUT2D eigenvalue weighted by atomic mass is 10.1. The van der Waals surface area contributed by atoms with E-state index in [-0.39, 0.29) is 51.9 Å². The lowest BCUT2D eigenvalue weighted by molar-refractivity contribution is -0.165. The molecule has 0 unspecified atom stereocenters. The summed E-state index contributed by atoms with van der Waals surface area (Å²) in [5.74, 6) is -17.2. The fourth-order valence-corrected chi connectivity index (χ4v) is 11.2. The monoisotopic (exact) mass is 1710 g/mol. The molecule has 5 aromatic heterocycles. The quantitative estimate of drug-likeness (QED) is 0.0109. The minimum absolute atomic E-state index is 0.0510. The van der Waals surface area contributed by atoms with Crippen LogP contribution in [0.4, 0.5) is 74.6 Å². The summed E-state index contributed by atoms with van der Waals surface area (Å²) in [6.45, 7) is -0.746. The molecule has 0 spiro atoms. The summed E-state index contributed by atoms with van der Waals surface area (Å²) >= 11 is 0. The second-order valence-electron chi connectivity index (χ2n) is 26.4. The zero-order chi connectivity index (χ0) is 88.6. The Morgan fingerprint density at radius 3 is 0.983 bits per heavy atom. The maximum atomic E-state index is 13.2. The van der Waals surface area contributed by atoms with Crippen LogP contribution in [0.1, 0.15) is 49.3 Å². The van der Waals surface area contributed by atoms with Crippen LogP contribution < -0.4 is 36.3 Å². The molecule has 37 heteroatoms. The van der Waals surface area contributed by atoms with Gasteiger partial charge in [-0.1, -0.05) is 36.4 Å². The number of fused-ring (bicyclic) bond motifs is 5. The Hall–Kier alpha value is -12.5. The first kappa shape index (κ1) is 95.7. The summed E-state index contributed by atoms with van der Waals surface area (Å²) < 4.78 is 228. The van der Waals surface area contributed by atoms with Crippen LogP contribution in [0.25, 0.3) is 54.5 Å². The lowest BCUT2D eigenvalue weighted by Gasteiger charge is -2.16. The summed E-state index contributed by atoms with van der Waals surface area (Å²) in [5, 5.41) is 52.4. The number of aliphatic hydroxyl groups excluding tert-OH is 2. The number of hydrogen-bond donors (Lipinski definition) is 13. The van der Waals surface area contributed by atoms with Crippen LogP contribution in [0.3, 0.4) is 0 Å². The lowest BCUT2D eigenvalue weighted by Crippen LogP contribution is -2.39. The molecule has 0 bridgehead atoms. The van der Waals surface area contributed by atoms with Crippen LogP contribution in [0, 0.1) is 40.4 Å². The number of aliphatic carboxylic acids is 2. The first-order chi connectivity index (χ1) is 57.5. The topological polar surface area (TPSA) is 339 Å². The maximum absolute atomic E-state index is 13.2. The van der Waals surface area contributed by atoms with Gasteiger partial charge >= 0.3 is 49.0 Å². The number of nitrogens with two attached hydrogens (primary N) is 2. The number of aromatic nitrogens is 5. The third kappa shape index (κ3) is 29.8. The molecule has 2 atom stereocenters. The summed E-state index contributed by atoms with van der Waals surface area (Å²) in [7, 11) is 0. The van der Waals surface area contributed by atoms with Gasteiger partial charge in [0.2, 0.25) is 0 Å². The Kier molecular flexibility index (Phi) is 36.5. The average Bonchev–Trinajstić information content (AvgIpc) is 1.67. The van der Waals surface area contributed by atoms with Crippen LogP contribution in [0.5, 0.6) is 17.2 Å². The summed E-state index contributed by atoms with van der Waals surface area (Å²) in [6, 6.07) is 43.3. The highest BCUT2D eigenvalue weighted by Gasteiger charge is 2.43. The van der Waals surface area contributed by atoms with Gasteiger partial charge in [-0.25, -0.2) is 57.9 Å². The number of hydrogen-bond acceptors (Lipinski definition) is 13. The van der Waals surface area contributed by atoms with Gasteiger partial charge in [-0.2, -0.15) is 31.6 Å². The van der Waals surface area contributed by atoms with E-state index in [1.54, 1.807) is 60.8 Å². The number of nitriles is 1. The molecule has 0 aliphatic carbocycles. The molecule has 646 valence electrons. The number of alkyl halides is 12. The Labute approximate surface area is 678 Å². The molecular weight excluding hydrogens is 1630 g/mol. The number of rotatable bonds is 31. The third-order valence-corrected chi connectivity index (χ3v) is 17.4. The first-order valence-electron chi connectivity index (χ1n) is 36.4. The van der Waals surface area contributed by atoms with Gasteiger partial charge in [-0.15, -0.1) is 0 Å². The van der Waals surface area contributed by atoms with Gasteiger partial charge in [0.1, 0.15) is 52.6 Å². The number of ether oxygens (including phenoxy) is 3. The number of carbonyl (C=O) groups excluding carboxylic acids is 1. The van der Waals surface area contributed by atoms with Gasteiger partial charge < -0.3 is 81.7 Å². The van der Waals surface area contributed by atoms with E-state index >= 15 is 0 Å². The summed E-state index contributed by atoms with van der Waals surface area (Å²) in [6.07, 6.45) is -2.73. The van der Waals surface area contributed by atoms with E-state index in [0.717, 1.165) is 106 Å². The van der Waals surface area contributed by atoms with Crippen molar-refractivity contribution in [3.63, 3.8) is 0 Å². The number of carboxylic acids is 2. The largest absolute Gasteiger partial charge is 0.487 e. The fourth-order valence-electron chi connectivity index (χ4n) is 11.2. The Balaban J connectivity index is 0.000000201. The minimum Gasteiger partial charge on any atom is -0.487 e. The van der Waals surface area contributed by atoms with Crippen molar-refractivity contribution in [2.24, 2.45) is 11.5 Å². The van der Waals surface area contributed by atoms with Gasteiger partial charge in [0.25, 0.3) is 0 Å². The highest BCUT2D eigenvalue weighted by molar-refractivity contribution is 5.87. The Morgan fingerprint density at radius 1 is 0.421 bits per heavy atom. The number of carboxylic acid groups (broad SMARTS) is 2. The average molecular weight is 1710 g/mol. The number of aldehydes is 1. The van der Waals surface area contributed by atoms with E-state index in [4.69, 9.17) is 46.6 Å². The molecule has 20 nitrogen and oxygen atoms in total. The smallest absolute Gasteiger partial charge is 0.340 e. The SMILES string of the molecule is Fc1ccc2c(CCNCc3cccc(OCC(F)(F)C(F)F)c3)c[nH]c2c1.Fc1ccc2c(CCNCc3cccc(OCC(F)(F)C(F)F)c3)c[nH]c2c1.N#CCc1c[nH]c2cc(F)ccc12.NCCc1c[nH]c2cc(F)ccc12.NCCc1c[nH]c2cc(F)ccc12.O=C(O)[C@@H](O)[C@H](O)C(=O)O.O=Cc1cccc(OCC(F)(F)C(F)F)c1. The van der Waals surface area contributed by atoms with E-state index in [9.17, 15) is 89.0 Å². The number of H-pyrrole nitrogens is 5. The molecule has 13 aromatic rings. The zero-order valence-corrected chi connectivity index (χ0v) is 63.6. The second kappa shape index (κ2) is 46.2. The number of nitrogens with zero attached hydrogens (tertiary/aromatic N) is 1. The van der Waals surface area contributed by atoms with Gasteiger partial charge in [0.05, 0.1) is 12.5 Å². The maximum Gasteiger partial charge on any atom is 0.340 e. The molecule has 0 saturated carbocycles. The third-order valence-electron chi connectivity index (χ3n) is 17.4.